The van der Waals surface area contributed by atoms with Gasteiger partial charge in [0.05, 0.1) is 10.7 Å². The lowest BCUT2D eigenvalue weighted by Gasteiger charge is -2.08. The first-order chi connectivity index (χ1) is 15.9. The number of hydrogen-bond donors (Lipinski definition) is 2. The average Bonchev–Trinajstić information content (AvgIpc) is 3.25. The van der Waals surface area contributed by atoms with Gasteiger partial charge in [0.15, 0.2) is 4.34 Å². The molecule has 9 nitrogen and oxygen atoms in total. The van der Waals surface area contributed by atoms with E-state index < -0.39 is 10.8 Å². The van der Waals surface area contributed by atoms with Crippen molar-refractivity contribution in [1.29, 1.82) is 0 Å². The SMILES string of the molecule is Cc1c(C(=O)Nc2nnc(SCC(=O)Nc3cccc4ccccc34)s2)cccc1[N+](=O)[O-]. The molecule has 11 heteroatoms. The summed E-state index contributed by atoms with van der Waals surface area (Å²) in [5, 5.41) is 26.7. The lowest BCUT2D eigenvalue weighted by molar-refractivity contribution is -0.385. The normalized spacial score (nSPS) is 10.7. The molecule has 0 saturated carbocycles. The van der Waals surface area contributed by atoms with E-state index in [4.69, 9.17) is 0 Å². The predicted molar refractivity (Wildman–Crippen MR) is 129 cm³/mol. The Kier molecular flexibility index (Phi) is 6.61. The van der Waals surface area contributed by atoms with Gasteiger partial charge in [-0.3, -0.25) is 25.0 Å². The van der Waals surface area contributed by atoms with Crippen LogP contribution < -0.4 is 10.6 Å². The maximum absolute atomic E-state index is 12.5. The summed E-state index contributed by atoms with van der Waals surface area (Å²) in [7, 11) is 0. The minimum Gasteiger partial charge on any atom is -0.325 e. The van der Waals surface area contributed by atoms with Crippen molar-refractivity contribution in [2.75, 3.05) is 16.4 Å². The van der Waals surface area contributed by atoms with Crippen LogP contribution in [0.3, 0.4) is 0 Å². The molecule has 0 aliphatic carbocycles. The number of benzene rings is 3. The van der Waals surface area contributed by atoms with E-state index in [0.29, 0.717) is 4.34 Å². The number of nitro groups is 1. The number of anilines is 2. The van der Waals surface area contributed by atoms with Crippen molar-refractivity contribution in [2.45, 2.75) is 11.3 Å². The third-order valence-corrected chi connectivity index (χ3v) is 6.74. The lowest BCUT2D eigenvalue weighted by Crippen LogP contribution is -2.14. The molecule has 2 N–H and O–H groups in total. The fraction of sp³-hybridized carbons (Fsp3) is 0.0909. The summed E-state index contributed by atoms with van der Waals surface area (Å²) in [5.74, 6) is -0.586. The predicted octanol–water partition coefficient (Wildman–Crippen LogP) is 4.89. The molecule has 0 saturated heterocycles. The van der Waals surface area contributed by atoms with Gasteiger partial charge in [-0.1, -0.05) is 65.6 Å². The fourth-order valence-electron chi connectivity index (χ4n) is 3.20. The molecule has 4 aromatic rings. The average molecular weight is 480 g/mol. The van der Waals surface area contributed by atoms with Gasteiger partial charge < -0.3 is 5.32 Å². The Hall–Kier alpha value is -3.83. The van der Waals surface area contributed by atoms with Crippen molar-refractivity contribution >= 4 is 62.2 Å². The van der Waals surface area contributed by atoms with E-state index in [1.54, 1.807) is 0 Å². The van der Waals surface area contributed by atoms with Crippen LogP contribution in [0.2, 0.25) is 0 Å². The Morgan fingerprint density at radius 2 is 1.79 bits per heavy atom. The van der Waals surface area contributed by atoms with Crippen molar-refractivity contribution in [3.63, 3.8) is 0 Å². The van der Waals surface area contributed by atoms with Crippen molar-refractivity contribution in [3.05, 3.63) is 81.9 Å². The van der Waals surface area contributed by atoms with Crippen LogP contribution in [-0.2, 0) is 4.79 Å². The van der Waals surface area contributed by atoms with Crippen molar-refractivity contribution in [1.82, 2.24) is 10.2 Å². The molecule has 0 atom stereocenters. The molecule has 3 aromatic carbocycles. The molecule has 0 unspecified atom stereocenters. The smallest absolute Gasteiger partial charge is 0.273 e. The largest absolute Gasteiger partial charge is 0.325 e. The molecule has 1 aromatic heterocycles. The van der Waals surface area contributed by atoms with Crippen LogP contribution in [0.1, 0.15) is 15.9 Å². The highest BCUT2D eigenvalue weighted by molar-refractivity contribution is 8.01. The van der Waals surface area contributed by atoms with E-state index in [0.717, 1.165) is 27.8 Å². The zero-order valence-corrected chi connectivity index (χ0v) is 18.9. The fourth-order valence-corrected chi connectivity index (χ4v) is 4.75. The first kappa shape index (κ1) is 22.4. The number of rotatable bonds is 7. The Morgan fingerprint density at radius 1 is 1.03 bits per heavy atom. The Balaban J connectivity index is 1.36. The molecule has 0 bridgehead atoms. The zero-order valence-electron chi connectivity index (χ0n) is 17.3. The van der Waals surface area contributed by atoms with E-state index in [9.17, 15) is 19.7 Å². The molecule has 4 rings (SSSR count). The maximum atomic E-state index is 12.5. The number of nitro benzene ring substituents is 1. The number of nitrogens with one attached hydrogen (secondary N) is 2. The maximum Gasteiger partial charge on any atom is 0.273 e. The monoisotopic (exact) mass is 479 g/mol. The van der Waals surface area contributed by atoms with Crippen LogP contribution in [0, 0.1) is 17.0 Å². The number of carbonyl (C=O) groups is 2. The molecular formula is C22H17N5O4S2. The van der Waals surface area contributed by atoms with E-state index in [-0.39, 0.29) is 33.6 Å². The number of aromatic nitrogens is 2. The third-order valence-electron chi connectivity index (χ3n) is 4.76. The minimum atomic E-state index is -0.533. The van der Waals surface area contributed by atoms with E-state index in [2.05, 4.69) is 20.8 Å². The summed E-state index contributed by atoms with van der Waals surface area (Å²) in [6.45, 7) is 1.52. The molecule has 1 heterocycles. The molecule has 0 radical (unpaired) electrons. The number of carbonyl (C=O) groups excluding carboxylic acids is 2. The van der Waals surface area contributed by atoms with E-state index in [1.165, 1.54) is 36.9 Å². The molecular weight excluding hydrogens is 462 g/mol. The molecule has 0 aliphatic rings. The van der Waals surface area contributed by atoms with Crippen LogP contribution in [0.5, 0.6) is 0 Å². The quantitative estimate of drug-likeness (QED) is 0.167. The van der Waals surface area contributed by atoms with Crippen LogP contribution in [0.4, 0.5) is 16.5 Å². The Morgan fingerprint density at radius 3 is 2.61 bits per heavy atom. The summed E-state index contributed by atoms with van der Waals surface area (Å²) in [6.07, 6.45) is 0. The summed E-state index contributed by atoms with van der Waals surface area (Å²) >= 11 is 2.32. The highest BCUT2D eigenvalue weighted by Gasteiger charge is 2.19. The molecule has 166 valence electrons. The van der Waals surface area contributed by atoms with Gasteiger partial charge in [0.25, 0.3) is 11.6 Å². The second-order valence-corrected chi connectivity index (χ2v) is 9.10. The zero-order chi connectivity index (χ0) is 23.4. The molecule has 2 amide bonds. The summed E-state index contributed by atoms with van der Waals surface area (Å²) < 4.78 is 0.508. The number of thioether (sulfide) groups is 1. The number of fused-ring (bicyclic) bond motifs is 1. The molecule has 33 heavy (non-hydrogen) atoms. The Bertz CT molecular complexity index is 1370. The lowest BCUT2D eigenvalue weighted by atomic mass is 10.1. The second-order valence-electron chi connectivity index (χ2n) is 6.90. The van der Waals surface area contributed by atoms with Gasteiger partial charge in [0.2, 0.25) is 11.0 Å². The minimum absolute atomic E-state index is 0.121. The van der Waals surface area contributed by atoms with Crippen LogP contribution >= 0.6 is 23.1 Å². The number of nitrogens with zero attached hydrogens (tertiary/aromatic N) is 3. The van der Waals surface area contributed by atoms with E-state index >= 15 is 0 Å². The van der Waals surface area contributed by atoms with Crippen LogP contribution in [0.25, 0.3) is 10.8 Å². The first-order valence-corrected chi connectivity index (χ1v) is 11.5. The number of hydrogen-bond acceptors (Lipinski definition) is 8. The van der Waals surface area contributed by atoms with Gasteiger partial charge in [0.1, 0.15) is 0 Å². The molecule has 0 aliphatic heterocycles. The first-order valence-electron chi connectivity index (χ1n) is 9.71. The second kappa shape index (κ2) is 9.76. The highest BCUT2D eigenvalue weighted by atomic mass is 32.2. The summed E-state index contributed by atoms with van der Waals surface area (Å²) in [5.41, 5.74) is 1.05. The van der Waals surface area contributed by atoms with Gasteiger partial charge in [0, 0.05) is 28.3 Å². The van der Waals surface area contributed by atoms with Gasteiger partial charge in [-0.2, -0.15) is 0 Å². The van der Waals surface area contributed by atoms with E-state index in [1.807, 2.05) is 42.5 Å². The molecule has 0 fully saturated rings. The van der Waals surface area contributed by atoms with Crippen LogP contribution in [0.15, 0.2) is 65.0 Å². The topological polar surface area (TPSA) is 127 Å². The highest BCUT2D eigenvalue weighted by Crippen LogP contribution is 2.28. The van der Waals surface area contributed by atoms with Crippen molar-refractivity contribution in [2.24, 2.45) is 0 Å². The van der Waals surface area contributed by atoms with Crippen molar-refractivity contribution in [3.8, 4) is 0 Å². The van der Waals surface area contributed by atoms with Crippen molar-refractivity contribution < 1.29 is 14.5 Å². The molecule has 0 spiro atoms. The van der Waals surface area contributed by atoms with Gasteiger partial charge >= 0.3 is 0 Å². The summed E-state index contributed by atoms with van der Waals surface area (Å²) in [4.78, 5) is 35.5. The van der Waals surface area contributed by atoms with Gasteiger partial charge in [-0.05, 0) is 24.4 Å². The van der Waals surface area contributed by atoms with Gasteiger partial charge in [-0.15, -0.1) is 10.2 Å². The summed E-state index contributed by atoms with van der Waals surface area (Å²) in [6, 6.07) is 17.8. The third kappa shape index (κ3) is 5.16. The standard InChI is InChI=1S/C22H17N5O4S2/c1-13-15(9-5-11-18(13)27(30)31)20(29)24-21-25-26-22(33-21)32-12-19(28)23-17-10-4-7-14-6-2-3-8-16(14)17/h2-11H,12H2,1H3,(H,23,28)(H,24,25,29). The van der Waals surface area contributed by atoms with Crippen LogP contribution in [-0.4, -0.2) is 32.7 Å². The Labute approximate surface area is 196 Å². The van der Waals surface area contributed by atoms with Gasteiger partial charge in [-0.25, -0.2) is 0 Å². The number of amides is 2.